The zero-order valence-corrected chi connectivity index (χ0v) is 17.8. The molecule has 0 spiro atoms. The van der Waals surface area contributed by atoms with Gasteiger partial charge < -0.3 is 9.47 Å². The van der Waals surface area contributed by atoms with Gasteiger partial charge in [-0.15, -0.1) is 0 Å². The van der Waals surface area contributed by atoms with Crippen molar-refractivity contribution in [3.05, 3.63) is 64.1 Å². The second-order valence-electron chi connectivity index (χ2n) is 5.88. The van der Waals surface area contributed by atoms with Crippen molar-refractivity contribution in [2.24, 2.45) is 0 Å². The third kappa shape index (κ3) is 4.18. The van der Waals surface area contributed by atoms with Crippen LogP contribution < -0.4 is 14.2 Å². The molecule has 0 aliphatic heterocycles. The molecule has 1 unspecified atom stereocenters. The number of nitrogens with one attached hydrogen (secondary N) is 2. The molecule has 28 heavy (non-hydrogen) atoms. The summed E-state index contributed by atoms with van der Waals surface area (Å²) < 4.78 is 39.8. The van der Waals surface area contributed by atoms with E-state index >= 15 is 0 Å². The van der Waals surface area contributed by atoms with Crippen molar-refractivity contribution in [3.63, 3.8) is 0 Å². The molecule has 0 bridgehead atoms. The Labute approximate surface area is 171 Å². The number of rotatable bonds is 7. The Morgan fingerprint density at radius 1 is 1.11 bits per heavy atom. The molecule has 0 aliphatic rings. The largest absolute Gasteiger partial charge is 0.493 e. The zero-order valence-electron chi connectivity index (χ0n) is 15.4. The van der Waals surface area contributed by atoms with E-state index in [1.807, 2.05) is 30.3 Å². The molecule has 2 aromatic carbocycles. The fourth-order valence-corrected chi connectivity index (χ4v) is 4.88. The monoisotopic (exact) mass is 466 g/mol. The second-order valence-corrected chi connectivity index (χ2v) is 8.42. The lowest BCUT2D eigenvalue weighted by Gasteiger charge is -2.18. The molecule has 0 radical (unpaired) electrons. The summed E-state index contributed by atoms with van der Waals surface area (Å²) in [5.41, 5.74) is 0.710. The number of sulfonamides is 1. The topological polar surface area (TPSA) is 106 Å². The number of nitrogens with zero attached hydrogens (tertiary/aromatic N) is 2. The van der Waals surface area contributed by atoms with Crippen LogP contribution >= 0.6 is 15.9 Å². The van der Waals surface area contributed by atoms with Crippen LogP contribution in [0.1, 0.15) is 23.3 Å². The molecule has 1 atom stereocenters. The SMILES string of the molecule is COc1cc(Br)c(S(=O)(=O)NC(c2ccccc2)c2n[nH]c(C)n2)cc1OC. The van der Waals surface area contributed by atoms with Crippen molar-refractivity contribution in [1.29, 1.82) is 0 Å². The van der Waals surface area contributed by atoms with Gasteiger partial charge in [0, 0.05) is 10.5 Å². The van der Waals surface area contributed by atoms with Crippen LogP contribution in [0.2, 0.25) is 0 Å². The van der Waals surface area contributed by atoms with Crippen LogP contribution in [-0.2, 0) is 10.0 Å². The fraction of sp³-hybridized carbons (Fsp3) is 0.222. The quantitative estimate of drug-likeness (QED) is 0.554. The Kier molecular flexibility index (Phi) is 6.01. The Morgan fingerprint density at radius 2 is 1.75 bits per heavy atom. The number of ether oxygens (including phenoxy) is 2. The van der Waals surface area contributed by atoms with Crippen molar-refractivity contribution in [2.45, 2.75) is 17.9 Å². The van der Waals surface area contributed by atoms with Crippen molar-refractivity contribution in [2.75, 3.05) is 14.2 Å². The van der Waals surface area contributed by atoms with Gasteiger partial charge in [-0.25, -0.2) is 13.4 Å². The average Bonchev–Trinajstić information content (AvgIpc) is 3.12. The summed E-state index contributed by atoms with van der Waals surface area (Å²) in [6.07, 6.45) is 0. The number of H-pyrrole nitrogens is 1. The summed E-state index contributed by atoms with van der Waals surface area (Å²) in [5, 5.41) is 6.88. The smallest absolute Gasteiger partial charge is 0.242 e. The summed E-state index contributed by atoms with van der Waals surface area (Å²) >= 11 is 3.30. The van der Waals surface area contributed by atoms with Gasteiger partial charge in [0.2, 0.25) is 10.0 Å². The van der Waals surface area contributed by atoms with Gasteiger partial charge in [0.15, 0.2) is 17.3 Å². The fourth-order valence-electron chi connectivity index (χ4n) is 2.66. The first-order valence-corrected chi connectivity index (χ1v) is 10.5. The van der Waals surface area contributed by atoms with E-state index in [1.54, 1.807) is 13.0 Å². The lowest BCUT2D eigenvalue weighted by molar-refractivity contribution is 0.353. The highest BCUT2D eigenvalue weighted by Gasteiger charge is 2.28. The van der Waals surface area contributed by atoms with E-state index in [0.29, 0.717) is 33.2 Å². The molecule has 8 nitrogen and oxygen atoms in total. The molecule has 0 fully saturated rings. The lowest BCUT2D eigenvalue weighted by atomic mass is 10.1. The maximum Gasteiger partial charge on any atom is 0.242 e. The van der Waals surface area contributed by atoms with Crippen molar-refractivity contribution < 1.29 is 17.9 Å². The maximum absolute atomic E-state index is 13.2. The third-order valence-electron chi connectivity index (χ3n) is 4.01. The first kappa shape index (κ1) is 20.3. The predicted molar refractivity (Wildman–Crippen MR) is 107 cm³/mol. The van der Waals surface area contributed by atoms with Crippen LogP contribution in [0.3, 0.4) is 0 Å². The average molecular weight is 467 g/mol. The molecule has 0 aliphatic carbocycles. The number of hydrogen-bond donors (Lipinski definition) is 2. The Morgan fingerprint density at radius 3 is 2.32 bits per heavy atom. The molecule has 1 aromatic heterocycles. The predicted octanol–water partition coefficient (Wildman–Crippen LogP) is 2.96. The highest BCUT2D eigenvalue weighted by molar-refractivity contribution is 9.10. The summed E-state index contributed by atoms with van der Waals surface area (Å²) in [4.78, 5) is 4.31. The highest BCUT2D eigenvalue weighted by atomic mass is 79.9. The molecule has 1 heterocycles. The third-order valence-corrected chi connectivity index (χ3v) is 6.39. The first-order chi connectivity index (χ1) is 13.4. The number of benzene rings is 2. The molecular weight excluding hydrogens is 448 g/mol. The molecule has 0 saturated carbocycles. The minimum absolute atomic E-state index is 0.0124. The van der Waals surface area contributed by atoms with Gasteiger partial charge >= 0.3 is 0 Å². The Balaban J connectivity index is 2.05. The van der Waals surface area contributed by atoms with Crippen molar-refractivity contribution in [1.82, 2.24) is 19.9 Å². The van der Waals surface area contributed by atoms with E-state index in [2.05, 4.69) is 35.8 Å². The second kappa shape index (κ2) is 8.29. The molecule has 0 amide bonds. The van der Waals surface area contributed by atoms with E-state index in [0.717, 1.165) is 0 Å². The van der Waals surface area contributed by atoms with Gasteiger partial charge in [-0.3, -0.25) is 5.10 Å². The molecule has 3 aromatic rings. The highest BCUT2D eigenvalue weighted by Crippen LogP contribution is 2.36. The molecule has 3 rings (SSSR count). The molecule has 148 valence electrons. The molecule has 2 N–H and O–H groups in total. The van der Waals surface area contributed by atoms with E-state index in [4.69, 9.17) is 9.47 Å². The van der Waals surface area contributed by atoms with Gasteiger partial charge in [0.1, 0.15) is 16.8 Å². The number of hydrogen-bond acceptors (Lipinski definition) is 6. The van der Waals surface area contributed by atoms with Crippen LogP contribution in [0.25, 0.3) is 0 Å². The van der Waals surface area contributed by atoms with E-state index in [1.165, 1.54) is 20.3 Å². The summed E-state index contributed by atoms with van der Waals surface area (Å²) in [7, 11) is -1.04. The van der Waals surface area contributed by atoms with Crippen LogP contribution in [0.5, 0.6) is 11.5 Å². The number of aromatic amines is 1. The van der Waals surface area contributed by atoms with Crippen LogP contribution in [-0.4, -0.2) is 37.8 Å². The first-order valence-electron chi connectivity index (χ1n) is 8.23. The van der Waals surface area contributed by atoms with Crippen LogP contribution in [0, 0.1) is 6.92 Å². The number of halogens is 1. The molecule has 10 heteroatoms. The summed E-state index contributed by atoms with van der Waals surface area (Å²) in [6.45, 7) is 1.75. The maximum atomic E-state index is 13.2. The van der Waals surface area contributed by atoms with Crippen LogP contribution in [0.15, 0.2) is 51.8 Å². The molecular formula is C18H19BrN4O4S. The minimum atomic E-state index is -3.96. The zero-order chi connectivity index (χ0) is 20.3. The van der Waals surface area contributed by atoms with Crippen molar-refractivity contribution >= 4 is 26.0 Å². The minimum Gasteiger partial charge on any atom is -0.493 e. The normalized spacial score (nSPS) is 12.6. The summed E-state index contributed by atoms with van der Waals surface area (Å²) in [5.74, 6) is 1.62. The summed E-state index contributed by atoms with van der Waals surface area (Å²) in [6, 6.07) is 11.3. The number of aromatic nitrogens is 3. The number of methoxy groups -OCH3 is 2. The van der Waals surface area contributed by atoms with Gasteiger partial charge in [0.05, 0.1) is 14.2 Å². The van der Waals surface area contributed by atoms with E-state index in [-0.39, 0.29) is 4.90 Å². The number of aryl methyl sites for hydroxylation is 1. The van der Waals surface area contributed by atoms with E-state index in [9.17, 15) is 8.42 Å². The Hall–Kier alpha value is -2.43. The van der Waals surface area contributed by atoms with Gasteiger partial charge in [-0.05, 0) is 34.5 Å². The van der Waals surface area contributed by atoms with Gasteiger partial charge in [0.25, 0.3) is 0 Å². The molecule has 0 saturated heterocycles. The van der Waals surface area contributed by atoms with Gasteiger partial charge in [-0.2, -0.15) is 9.82 Å². The van der Waals surface area contributed by atoms with Gasteiger partial charge in [-0.1, -0.05) is 30.3 Å². The van der Waals surface area contributed by atoms with E-state index < -0.39 is 16.1 Å². The Bertz CT molecular complexity index is 1070. The van der Waals surface area contributed by atoms with Crippen LogP contribution in [0.4, 0.5) is 0 Å². The lowest BCUT2D eigenvalue weighted by Crippen LogP contribution is -2.30. The van der Waals surface area contributed by atoms with Crippen molar-refractivity contribution in [3.8, 4) is 11.5 Å². The standard InChI is InChI=1S/C18H19BrN4O4S/c1-11-20-18(22-21-11)17(12-7-5-4-6-8-12)23-28(24,25)16-10-15(27-3)14(26-2)9-13(16)19/h4-10,17,23H,1-3H3,(H,20,21,22).